The van der Waals surface area contributed by atoms with Crippen molar-refractivity contribution in [3.63, 3.8) is 0 Å². The van der Waals surface area contributed by atoms with Crippen molar-refractivity contribution in [1.29, 1.82) is 0 Å². The maximum Gasteiger partial charge on any atom is 0.267 e. The van der Waals surface area contributed by atoms with E-state index in [2.05, 4.69) is 50.3 Å². The van der Waals surface area contributed by atoms with Gasteiger partial charge in [0.2, 0.25) is 5.89 Å². The molecule has 1 unspecified atom stereocenters. The average molecular weight is 325 g/mol. The van der Waals surface area contributed by atoms with E-state index >= 15 is 0 Å². The quantitative estimate of drug-likeness (QED) is 0.882. The molecule has 0 amide bonds. The predicted octanol–water partition coefficient (Wildman–Crippen LogP) is 3.34. The summed E-state index contributed by atoms with van der Waals surface area (Å²) >= 11 is 3.43. The van der Waals surface area contributed by atoms with Gasteiger partial charge in [0.25, 0.3) is 5.89 Å². The number of nitrogens with zero attached hydrogens (tertiary/aromatic N) is 3. The molecule has 2 heterocycles. The molecule has 0 saturated heterocycles. The van der Waals surface area contributed by atoms with E-state index in [1.54, 1.807) is 6.20 Å². The fraction of sp³-hybridized carbons (Fsp3) is 0.462. The molecule has 1 atom stereocenters. The highest BCUT2D eigenvalue weighted by atomic mass is 79.9. The van der Waals surface area contributed by atoms with Crippen LogP contribution < -0.4 is 5.32 Å². The Hall–Kier alpha value is -1.27. The molecule has 0 fully saturated rings. The van der Waals surface area contributed by atoms with Crippen molar-refractivity contribution in [2.45, 2.75) is 32.7 Å². The van der Waals surface area contributed by atoms with Crippen LogP contribution >= 0.6 is 15.9 Å². The molecule has 102 valence electrons. The molecule has 0 aliphatic heterocycles. The third-order valence-electron chi connectivity index (χ3n) is 2.75. The normalized spacial score (nSPS) is 12.6. The van der Waals surface area contributed by atoms with Crippen LogP contribution in [0.2, 0.25) is 0 Å². The van der Waals surface area contributed by atoms with Gasteiger partial charge in [-0.25, -0.2) is 4.98 Å². The summed E-state index contributed by atoms with van der Waals surface area (Å²) < 4.78 is 6.57. The van der Waals surface area contributed by atoms with Crippen LogP contribution in [0.4, 0.5) is 0 Å². The van der Waals surface area contributed by atoms with Gasteiger partial charge in [-0.05, 0) is 47.4 Å². The lowest BCUT2D eigenvalue weighted by Crippen LogP contribution is -2.21. The third kappa shape index (κ3) is 3.39. The maximum atomic E-state index is 5.72. The van der Waals surface area contributed by atoms with Crippen molar-refractivity contribution in [3.05, 3.63) is 28.7 Å². The smallest absolute Gasteiger partial charge is 0.267 e. The zero-order valence-electron chi connectivity index (χ0n) is 11.1. The summed E-state index contributed by atoms with van der Waals surface area (Å²) in [4.78, 5) is 4.25. The molecule has 6 heteroatoms. The zero-order chi connectivity index (χ0) is 13.7. The minimum absolute atomic E-state index is 0.101. The van der Waals surface area contributed by atoms with Crippen LogP contribution in [-0.2, 0) is 0 Å². The zero-order valence-corrected chi connectivity index (χ0v) is 12.6. The van der Waals surface area contributed by atoms with Gasteiger partial charge in [-0.15, -0.1) is 10.2 Å². The van der Waals surface area contributed by atoms with Crippen molar-refractivity contribution >= 4 is 15.9 Å². The van der Waals surface area contributed by atoms with Crippen LogP contribution in [0, 0.1) is 0 Å². The van der Waals surface area contributed by atoms with Gasteiger partial charge in [-0.1, -0.05) is 13.8 Å². The molecule has 0 aliphatic carbocycles. The van der Waals surface area contributed by atoms with Crippen molar-refractivity contribution in [2.24, 2.45) is 0 Å². The topological polar surface area (TPSA) is 63.8 Å². The largest absolute Gasteiger partial charge is 0.418 e. The van der Waals surface area contributed by atoms with Crippen LogP contribution in [0.25, 0.3) is 11.6 Å². The minimum atomic E-state index is 0.101. The maximum absolute atomic E-state index is 5.72. The molecule has 1 N–H and O–H groups in total. The fourth-order valence-corrected chi connectivity index (χ4v) is 2.16. The Morgan fingerprint density at radius 3 is 2.89 bits per heavy atom. The summed E-state index contributed by atoms with van der Waals surface area (Å²) in [6.07, 6.45) is 3.69. The van der Waals surface area contributed by atoms with Gasteiger partial charge in [0, 0.05) is 10.7 Å². The van der Waals surface area contributed by atoms with Crippen molar-refractivity contribution in [2.75, 3.05) is 6.54 Å². The van der Waals surface area contributed by atoms with Crippen molar-refractivity contribution in [1.82, 2.24) is 20.5 Å². The van der Waals surface area contributed by atoms with E-state index in [4.69, 9.17) is 4.42 Å². The van der Waals surface area contributed by atoms with Gasteiger partial charge in [-0.2, -0.15) is 0 Å². The molecule has 2 aromatic rings. The molecule has 0 aromatic carbocycles. The van der Waals surface area contributed by atoms with Gasteiger partial charge in [0.05, 0.1) is 6.04 Å². The number of hydrogen-bond acceptors (Lipinski definition) is 5. The average Bonchev–Trinajstić information content (AvgIpc) is 2.90. The van der Waals surface area contributed by atoms with E-state index in [1.165, 1.54) is 0 Å². The molecular formula is C13H17BrN4O. The second-order valence-electron chi connectivity index (χ2n) is 4.19. The van der Waals surface area contributed by atoms with E-state index < -0.39 is 0 Å². The van der Waals surface area contributed by atoms with Crippen molar-refractivity contribution < 1.29 is 4.42 Å². The Balaban J connectivity index is 2.21. The summed E-state index contributed by atoms with van der Waals surface area (Å²) in [5.74, 6) is 1.06. The Kier molecular flexibility index (Phi) is 5.04. The molecule has 2 rings (SSSR count). The first-order chi connectivity index (χ1) is 9.26. The lowest BCUT2D eigenvalue weighted by atomic mass is 10.2. The SMILES string of the molecule is CCCNC(CC)c1nnc(-c2ncccc2Br)o1. The predicted molar refractivity (Wildman–Crippen MR) is 76.6 cm³/mol. The number of hydrogen-bond donors (Lipinski definition) is 1. The molecule has 5 nitrogen and oxygen atoms in total. The van der Waals surface area contributed by atoms with E-state index in [0.717, 1.165) is 23.9 Å². The number of nitrogens with one attached hydrogen (secondary N) is 1. The Labute approximate surface area is 121 Å². The van der Waals surface area contributed by atoms with Crippen LogP contribution in [0.1, 0.15) is 38.6 Å². The number of aromatic nitrogens is 3. The molecule has 0 aliphatic rings. The lowest BCUT2D eigenvalue weighted by Gasteiger charge is -2.11. The molecule has 0 saturated carbocycles. The highest BCUT2D eigenvalue weighted by Gasteiger charge is 2.18. The standard InChI is InChI=1S/C13H17BrN4O/c1-3-7-15-10(4-2)12-17-18-13(19-12)11-9(14)6-5-8-16-11/h5-6,8,10,15H,3-4,7H2,1-2H3. The Morgan fingerprint density at radius 1 is 1.37 bits per heavy atom. The molecule has 19 heavy (non-hydrogen) atoms. The summed E-state index contributed by atoms with van der Waals surface area (Å²) in [6, 6.07) is 3.85. The fourth-order valence-electron chi connectivity index (χ4n) is 1.74. The summed E-state index contributed by atoms with van der Waals surface area (Å²) in [7, 11) is 0. The minimum Gasteiger partial charge on any atom is -0.418 e. The van der Waals surface area contributed by atoms with Crippen LogP contribution in [0.5, 0.6) is 0 Å². The van der Waals surface area contributed by atoms with Gasteiger partial charge in [-0.3, -0.25) is 0 Å². The first-order valence-electron chi connectivity index (χ1n) is 6.43. The number of rotatable bonds is 6. The molecule has 0 spiro atoms. The number of halogens is 1. The van der Waals surface area contributed by atoms with Crippen LogP contribution in [-0.4, -0.2) is 21.7 Å². The van der Waals surface area contributed by atoms with Crippen LogP contribution in [0.3, 0.4) is 0 Å². The highest BCUT2D eigenvalue weighted by molar-refractivity contribution is 9.10. The first kappa shape index (κ1) is 14.1. The van der Waals surface area contributed by atoms with E-state index in [9.17, 15) is 0 Å². The summed E-state index contributed by atoms with van der Waals surface area (Å²) in [5.41, 5.74) is 0.673. The third-order valence-corrected chi connectivity index (χ3v) is 3.39. The Bertz CT molecular complexity index is 529. The van der Waals surface area contributed by atoms with E-state index in [0.29, 0.717) is 17.5 Å². The number of pyridine rings is 1. The van der Waals surface area contributed by atoms with Gasteiger partial charge in [0.15, 0.2) is 0 Å². The highest BCUT2D eigenvalue weighted by Crippen LogP contribution is 2.26. The molecule has 2 aromatic heterocycles. The molecule has 0 radical (unpaired) electrons. The second-order valence-corrected chi connectivity index (χ2v) is 5.05. The van der Waals surface area contributed by atoms with Gasteiger partial charge < -0.3 is 9.73 Å². The van der Waals surface area contributed by atoms with Crippen molar-refractivity contribution in [3.8, 4) is 11.6 Å². The summed E-state index contributed by atoms with van der Waals surface area (Å²) in [5, 5.41) is 11.6. The lowest BCUT2D eigenvalue weighted by molar-refractivity contribution is 0.395. The van der Waals surface area contributed by atoms with Crippen LogP contribution in [0.15, 0.2) is 27.2 Å². The summed E-state index contributed by atoms with van der Waals surface area (Å²) in [6.45, 7) is 5.15. The molecular weight excluding hydrogens is 308 g/mol. The first-order valence-corrected chi connectivity index (χ1v) is 7.23. The molecule has 0 bridgehead atoms. The second kappa shape index (κ2) is 6.77. The van der Waals surface area contributed by atoms with Gasteiger partial charge in [0.1, 0.15) is 5.69 Å². The van der Waals surface area contributed by atoms with E-state index in [-0.39, 0.29) is 6.04 Å². The Morgan fingerprint density at radius 2 is 2.21 bits per heavy atom. The van der Waals surface area contributed by atoms with E-state index in [1.807, 2.05) is 12.1 Å². The monoisotopic (exact) mass is 324 g/mol. The van der Waals surface area contributed by atoms with Gasteiger partial charge >= 0.3 is 0 Å².